The second kappa shape index (κ2) is 4.51. The molecule has 0 aliphatic carbocycles. The van der Waals surface area contributed by atoms with Gasteiger partial charge in [-0.3, -0.25) is 4.79 Å². The Kier molecular flexibility index (Phi) is 3.58. The number of carbonyl (C=O) groups is 1. The van der Waals surface area contributed by atoms with Gasteiger partial charge < -0.3 is 5.11 Å². The van der Waals surface area contributed by atoms with E-state index in [1.807, 2.05) is 37.3 Å². The van der Waals surface area contributed by atoms with Gasteiger partial charge in [0.15, 0.2) is 0 Å². The highest BCUT2D eigenvalue weighted by Gasteiger charge is 2.27. The number of carboxylic acid groups (broad SMARTS) is 1. The lowest BCUT2D eigenvalue weighted by atomic mass is 9.81. The van der Waals surface area contributed by atoms with E-state index in [0.717, 1.165) is 5.56 Å². The van der Waals surface area contributed by atoms with Crippen LogP contribution in [-0.4, -0.2) is 16.8 Å². The number of hydrogen-bond acceptors (Lipinski definition) is 2. The Morgan fingerprint density at radius 1 is 1.43 bits per heavy atom. The van der Waals surface area contributed by atoms with Crippen LogP contribution in [0.1, 0.15) is 18.9 Å². The first kappa shape index (κ1) is 11.1. The molecule has 14 heavy (non-hydrogen) atoms. The third-order valence-electron chi connectivity index (χ3n) is 2.36. The molecule has 1 atom stereocenters. The molecule has 1 rings (SSSR count). The molecule has 3 heteroatoms. The van der Waals surface area contributed by atoms with Gasteiger partial charge in [0, 0.05) is 11.2 Å². The molecular weight excluding hydrogens is 196 g/mol. The highest BCUT2D eigenvalue weighted by Crippen LogP contribution is 2.28. The van der Waals surface area contributed by atoms with Crippen LogP contribution in [0.25, 0.3) is 0 Å². The quantitative estimate of drug-likeness (QED) is 0.748. The van der Waals surface area contributed by atoms with E-state index < -0.39 is 5.97 Å². The van der Waals surface area contributed by atoms with Crippen LogP contribution in [-0.2, 0) is 10.2 Å². The van der Waals surface area contributed by atoms with Crippen LogP contribution in [0.5, 0.6) is 0 Å². The average Bonchev–Trinajstić information content (AvgIpc) is 2.18. The molecule has 0 amide bonds. The van der Waals surface area contributed by atoms with Gasteiger partial charge in [-0.15, -0.1) is 0 Å². The van der Waals surface area contributed by atoms with E-state index >= 15 is 0 Å². The zero-order valence-electron chi connectivity index (χ0n) is 8.10. The normalized spacial score (nSPS) is 14.7. The number of benzene rings is 1. The van der Waals surface area contributed by atoms with Crippen LogP contribution < -0.4 is 0 Å². The second-order valence-corrected chi connectivity index (χ2v) is 3.97. The molecule has 76 valence electrons. The van der Waals surface area contributed by atoms with Crippen molar-refractivity contribution < 1.29 is 9.90 Å². The van der Waals surface area contributed by atoms with Crippen molar-refractivity contribution in [3.05, 3.63) is 35.9 Å². The van der Waals surface area contributed by atoms with Crippen molar-refractivity contribution in [1.82, 2.24) is 0 Å². The SMILES string of the molecule is CC(CS)(CC(=O)O)c1ccccc1. The van der Waals surface area contributed by atoms with Crippen molar-refractivity contribution in [3.8, 4) is 0 Å². The Hall–Kier alpha value is -0.960. The van der Waals surface area contributed by atoms with Gasteiger partial charge >= 0.3 is 5.97 Å². The largest absolute Gasteiger partial charge is 0.481 e. The Morgan fingerprint density at radius 3 is 2.43 bits per heavy atom. The smallest absolute Gasteiger partial charge is 0.304 e. The fourth-order valence-corrected chi connectivity index (χ4v) is 1.72. The second-order valence-electron chi connectivity index (χ2n) is 3.66. The maximum Gasteiger partial charge on any atom is 0.304 e. The Balaban J connectivity index is 2.95. The molecule has 1 N–H and O–H groups in total. The number of thiol groups is 1. The van der Waals surface area contributed by atoms with Gasteiger partial charge in [0.05, 0.1) is 6.42 Å². The molecule has 0 bridgehead atoms. The van der Waals surface area contributed by atoms with Gasteiger partial charge in [-0.05, 0) is 5.56 Å². The summed E-state index contributed by atoms with van der Waals surface area (Å²) in [6.45, 7) is 1.92. The van der Waals surface area contributed by atoms with Gasteiger partial charge in [0.25, 0.3) is 0 Å². The molecule has 0 fully saturated rings. The Labute approximate surface area is 89.4 Å². The molecule has 0 saturated heterocycles. The molecule has 1 aromatic carbocycles. The summed E-state index contributed by atoms with van der Waals surface area (Å²) in [5.41, 5.74) is 0.647. The van der Waals surface area contributed by atoms with E-state index in [2.05, 4.69) is 12.6 Å². The minimum Gasteiger partial charge on any atom is -0.481 e. The summed E-state index contributed by atoms with van der Waals surface area (Å²) in [5, 5.41) is 8.81. The zero-order chi connectivity index (χ0) is 10.6. The number of hydrogen-bond donors (Lipinski definition) is 2. The van der Waals surface area contributed by atoms with Crippen molar-refractivity contribution in [3.63, 3.8) is 0 Å². The maximum atomic E-state index is 10.7. The lowest BCUT2D eigenvalue weighted by molar-refractivity contribution is -0.138. The monoisotopic (exact) mass is 210 g/mol. The predicted molar refractivity (Wildman–Crippen MR) is 59.9 cm³/mol. The van der Waals surface area contributed by atoms with Gasteiger partial charge in [0.2, 0.25) is 0 Å². The van der Waals surface area contributed by atoms with Crippen LogP contribution in [0.15, 0.2) is 30.3 Å². The molecule has 0 aliphatic rings. The number of rotatable bonds is 4. The molecule has 0 saturated carbocycles. The van der Waals surface area contributed by atoms with Crippen LogP contribution in [0.2, 0.25) is 0 Å². The summed E-state index contributed by atoms with van der Waals surface area (Å²) < 4.78 is 0. The summed E-state index contributed by atoms with van der Waals surface area (Å²) >= 11 is 4.22. The van der Waals surface area contributed by atoms with Crippen molar-refractivity contribution >= 4 is 18.6 Å². The maximum absolute atomic E-state index is 10.7. The minimum absolute atomic E-state index is 0.112. The first-order valence-corrected chi connectivity index (χ1v) is 5.10. The highest BCUT2D eigenvalue weighted by molar-refractivity contribution is 7.80. The third kappa shape index (κ3) is 2.51. The number of carboxylic acids is 1. The van der Waals surface area contributed by atoms with Crippen LogP contribution >= 0.6 is 12.6 Å². The fourth-order valence-electron chi connectivity index (χ4n) is 1.42. The molecule has 0 heterocycles. The lowest BCUT2D eigenvalue weighted by Gasteiger charge is -2.26. The lowest BCUT2D eigenvalue weighted by Crippen LogP contribution is -2.27. The Morgan fingerprint density at radius 2 is 2.00 bits per heavy atom. The molecular formula is C11H14O2S. The molecule has 0 spiro atoms. The van der Waals surface area contributed by atoms with Crippen LogP contribution in [0.4, 0.5) is 0 Å². The zero-order valence-corrected chi connectivity index (χ0v) is 9.00. The van der Waals surface area contributed by atoms with Gasteiger partial charge in [-0.1, -0.05) is 37.3 Å². The number of aliphatic carboxylic acids is 1. The first-order valence-electron chi connectivity index (χ1n) is 4.47. The summed E-state index contributed by atoms with van der Waals surface area (Å²) in [7, 11) is 0. The van der Waals surface area contributed by atoms with Gasteiger partial charge in [0.1, 0.15) is 0 Å². The molecule has 0 radical (unpaired) electrons. The van der Waals surface area contributed by atoms with Crippen LogP contribution in [0.3, 0.4) is 0 Å². The minimum atomic E-state index is -0.787. The van der Waals surface area contributed by atoms with E-state index in [9.17, 15) is 4.79 Å². The molecule has 0 aromatic heterocycles. The van der Waals surface area contributed by atoms with E-state index in [-0.39, 0.29) is 11.8 Å². The van der Waals surface area contributed by atoms with Gasteiger partial charge in [-0.2, -0.15) is 12.6 Å². The predicted octanol–water partition coefficient (Wildman–Crippen LogP) is 2.35. The van der Waals surface area contributed by atoms with E-state index in [0.29, 0.717) is 5.75 Å². The van der Waals surface area contributed by atoms with E-state index in [1.165, 1.54) is 0 Å². The summed E-state index contributed by atoms with van der Waals surface area (Å²) in [6, 6.07) is 9.64. The summed E-state index contributed by atoms with van der Waals surface area (Å²) in [4.78, 5) is 10.7. The van der Waals surface area contributed by atoms with Crippen LogP contribution in [0, 0.1) is 0 Å². The first-order chi connectivity index (χ1) is 6.58. The van der Waals surface area contributed by atoms with Crippen molar-refractivity contribution in [1.29, 1.82) is 0 Å². The fraction of sp³-hybridized carbons (Fsp3) is 0.364. The Bertz CT molecular complexity index is 310. The van der Waals surface area contributed by atoms with E-state index in [1.54, 1.807) is 0 Å². The summed E-state index contributed by atoms with van der Waals surface area (Å²) in [5.74, 6) is -0.256. The molecule has 2 nitrogen and oxygen atoms in total. The summed E-state index contributed by atoms with van der Waals surface area (Å²) in [6.07, 6.45) is 0.112. The van der Waals surface area contributed by atoms with E-state index in [4.69, 9.17) is 5.11 Å². The molecule has 1 aromatic rings. The van der Waals surface area contributed by atoms with Crippen molar-refractivity contribution in [2.24, 2.45) is 0 Å². The average molecular weight is 210 g/mol. The topological polar surface area (TPSA) is 37.3 Å². The highest BCUT2D eigenvalue weighted by atomic mass is 32.1. The third-order valence-corrected chi connectivity index (χ3v) is 3.06. The van der Waals surface area contributed by atoms with Gasteiger partial charge in [-0.25, -0.2) is 0 Å². The van der Waals surface area contributed by atoms with Crippen molar-refractivity contribution in [2.45, 2.75) is 18.8 Å². The standard InChI is InChI=1S/C11H14O2S/c1-11(8-14,7-10(12)13)9-5-3-2-4-6-9/h2-6,14H,7-8H2,1H3,(H,12,13). The van der Waals surface area contributed by atoms with Crippen molar-refractivity contribution in [2.75, 3.05) is 5.75 Å². The molecule has 1 unspecified atom stereocenters. The molecule has 0 aliphatic heterocycles.